The Labute approximate surface area is 159 Å². The van der Waals surface area contributed by atoms with Crippen LogP contribution in [-0.2, 0) is 0 Å². The third kappa shape index (κ3) is 3.32. The van der Waals surface area contributed by atoms with E-state index in [1.807, 2.05) is 24.4 Å². The predicted molar refractivity (Wildman–Crippen MR) is 105 cm³/mol. The number of amides is 1. The van der Waals surface area contributed by atoms with Gasteiger partial charge in [0.15, 0.2) is 0 Å². The lowest BCUT2D eigenvalue weighted by molar-refractivity contribution is 0.100. The Bertz CT molecular complexity index is 1110. The molecule has 4 aromatic rings. The second-order valence-corrected chi connectivity index (χ2v) is 6.95. The topological polar surface area (TPSA) is 105 Å². The van der Waals surface area contributed by atoms with Gasteiger partial charge in [0.1, 0.15) is 22.3 Å². The molecule has 0 unspecified atom stereocenters. The predicted octanol–water partition coefficient (Wildman–Crippen LogP) is 3.98. The van der Waals surface area contributed by atoms with Gasteiger partial charge < -0.3 is 15.8 Å². The minimum Gasteiger partial charge on any atom is -0.508 e. The van der Waals surface area contributed by atoms with Crippen molar-refractivity contribution in [2.45, 2.75) is 6.92 Å². The van der Waals surface area contributed by atoms with Crippen LogP contribution in [0.2, 0.25) is 0 Å². The van der Waals surface area contributed by atoms with Crippen LogP contribution in [0.1, 0.15) is 16.1 Å². The van der Waals surface area contributed by atoms with Crippen LogP contribution in [0, 0.1) is 6.92 Å². The highest BCUT2D eigenvalue weighted by Crippen LogP contribution is 2.35. The minimum absolute atomic E-state index is 0.201. The fourth-order valence-corrected chi connectivity index (χ4v) is 3.55. The van der Waals surface area contributed by atoms with Crippen LogP contribution < -0.4 is 5.73 Å². The van der Waals surface area contributed by atoms with E-state index in [9.17, 15) is 9.90 Å². The van der Waals surface area contributed by atoms with Crippen molar-refractivity contribution in [3.8, 4) is 39.1 Å². The quantitative estimate of drug-likeness (QED) is 0.501. The van der Waals surface area contributed by atoms with Gasteiger partial charge in [-0.25, -0.2) is 9.97 Å². The molecular weight excluding hydrogens is 360 g/mol. The first-order chi connectivity index (χ1) is 13.0. The minimum atomic E-state index is -0.468. The van der Waals surface area contributed by atoms with Crippen LogP contribution in [-0.4, -0.2) is 26.0 Å². The van der Waals surface area contributed by atoms with E-state index in [1.165, 1.54) is 11.3 Å². The molecule has 0 atom stereocenters. The van der Waals surface area contributed by atoms with Gasteiger partial charge in [-0.1, -0.05) is 12.1 Å². The lowest BCUT2D eigenvalue weighted by Gasteiger charge is -2.01. The molecule has 0 aliphatic heterocycles. The van der Waals surface area contributed by atoms with Crippen LogP contribution in [0.4, 0.5) is 0 Å². The molecule has 2 heterocycles. The number of aromatic amines is 1. The van der Waals surface area contributed by atoms with Crippen LogP contribution in [0.25, 0.3) is 33.3 Å². The van der Waals surface area contributed by atoms with Gasteiger partial charge in [-0.15, -0.1) is 11.3 Å². The van der Waals surface area contributed by atoms with Crippen molar-refractivity contribution in [3.05, 3.63) is 65.2 Å². The lowest BCUT2D eigenvalue weighted by atomic mass is 10.1. The number of thiazole rings is 1. The number of carbonyl (C=O) groups is 1. The maximum absolute atomic E-state index is 11.3. The first kappa shape index (κ1) is 17.0. The number of phenols is 1. The van der Waals surface area contributed by atoms with Crippen LogP contribution >= 0.6 is 11.3 Å². The number of aromatic hydroxyl groups is 1. The van der Waals surface area contributed by atoms with Gasteiger partial charge >= 0.3 is 0 Å². The third-order valence-corrected chi connectivity index (χ3v) is 5.09. The first-order valence-electron chi connectivity index (χ1n) is 8.23. The molecule has 134 valence electrons. The number of nitrogens with two attached hydrogens (primary N) is 1. The van der Waals surface area contributed by atoms with Crippen molar-refractivity contribution in [3.63, 3.8) is 0 Å². The summed E-state index contributed by atoms with van der Waals surface area (Å²) in [5, 5.41) is 12.4. The number of nitrogens with one attached hydrogen (secondary N) is 1. The molecule has 2 aromatic carbocycles. The number of hydrogen-bond donors (Lipinski definition) is 3. The zero-order valence-corrected chi connectivity index (χ0v) is 15.2. The van der Waals surface area contributed by atoms with E-state index in [4.69, 9.17) is 10.7 Å². The van der Waals surface area contributed by atoms with Crippen molar-refractivity contribution >= 4 is 17.2 Å². The van der Waals surface area contributed by atoms with Crippen LogP contribution in [0.15, 0.2) is 53.9 Å². The molecule has 0 saturated heterocycles. The fourth-order valence-electron chi connectivity index (χ4n) is 2.76. The molecule has 0 aliphatic rings. The Hall–Kier alpha value is -3.45. The highest BCUT2D eigenvalue weighted by Gasteiger charge is 2.18. The van der Waals surface area contributed by atoms with Gasteiger partial charge in [0, 0.05) is 27.8 Å². The zero-order chi connectivity index (χ0) is 19.0. The summed E-state index contributed by atoms with van der Waals surface area (Å²) < 4.78 is 0. The molecule has 27 heavy (non-hydrogen) atoms. The number of primary amides is 1. The molecule has 4 rings (SSSR count). The molecule has 2 aromatic heterocycles. The molecule has 0 bridgehead atoms. The maximum atomic E-state index is 11.3. The maximum Gasteiger partial charge on any atom is 0.248 e. The number of hydrogen-bond acceptors (Lipinski definition) is 5. The Kier molecular flexibility index (Phi) is 4.21. The zero-order valence-electron chi connectivity index (χ0n) is 14.4. The number of phenolic OH excluding ortho intramolecular Hbond substituents is 1. The van der Waals surface area contributed by atoms with Gasteiger partial charge in [-0.05, 0) is 43.3 Å². The summed E-state index contributed by atoms with van der Waals surface area (Å²) in [5.74, 6) is 0.397. The van der Waals surface area contributed by atoms with Crippen LogP contribution in [0.3, 0.4) is 0 Å². The molecule has 4 N–H and O–H groups in total. The van der Waals surface area contributed by atoms with Crippen molar-refractivity contribution in [2.75, 3.05) is 0 Å². The van der Waals surface area contributed by atoms with Gasteiger partial charge in [0.2, 0.25) is 5.91 Å². The Morgan fingerprint density at radius 1 is 1.04 bits per heavy atom. The highest BCUT2D eigenvalue weighted by molar-refractivity contribution is 7.13. The van der Waals surface area contributed by atoms with Gasteiger partial charge in [0.25, 0.3) is 0 Å². The first-order valence-corrected chi connectivity index (χ1v) is 9.11. The number of aryl methyl sites for hydroxylation is 1. The number of imidazole rings is 1. The van der Waals surface area contributed by atoms with E-state index in [0.29, 0.717) is 11.4 Å². The Morgan fingerprint density at radius 3 is 2.30 bits per heavy atom. The fraction of sp³-hybridized carbons (Fsp3) is 0.0500. The lowest BCUT2D eigenvalue weighted by Crippen LogP contribution is -2.10. The summed E-state index contributed by atoms with van der Waals surface area (Å²) in [4.78, 5) is 23.9. The largest absolute Gasteiger partial charge is 0.508 e. The Morgan fingerprint density at radius 2 is 1.70 bits per heavy atom. The summed E-state index contributed by atoms with van der Waals surface area (Å²) >= 11 is 1.53. The highest BCUT2D eigenvalue weighted by atomic mass is 32.1. The molecule has 6 nitrogen and oxygen atoms in total. The SMILES string of the molecule is Cc1csc(-c2nc(-c3ccc(C(N)=O)cc3)[nH]c2-c2ccc(O)cc2)n1. The van der Waals surface area contributed by atoms with Crippen molar-refractivity contribution < 1.29 is 9.90 Å². The number of aromatic nitrogens is 3. The van der Waals surface area contributed by atoms with Crippen LogP contribution in [0.5, 0.6) is 5.75 Å². The molecule has 0 aliphatic carbocycles. The summed E-state index contributed by atoms with van der Waals surface area (Å²) in [6, 6.07) is 13.9. The smallest absolute Gasteiger partial charge is 0.248 e. The average molecular weight is 376 g/mol. The second kappa shape index (κ2) is 6.69. The van der Waals surface area contributed by atoms with E-state index >= 15 is 0 Å². The summed E-state index contributed by atoms with van der Waals surface area (Å²) in [6.45, 7) is 1.94. The van der Waals surface area contributed by atoms with Crippen molar-refractivity contribution in [1.82, 2.24) is 15.0 Å². The molecule has 0 spiro atoms. The summed E-state index contributed by atoms with van der Waals surface area (Å²) in [7, 11) is 0. The number of carbonyl (C=O) groups excluding carboxylic acids is 1. The normalized spacial score (nSPS) is 10.9. The van der Waals surface area contributed by atoms with E-state index in [-0.39, 0.29) is 5.75 Å². The van der Waals surface area contributed by atoms with Gasteiger partial charge in [-0.2, -0.15) is 0 Å². The van der Waals surface area contributed by atoms with Gasteiger partial charge in [0.05, 0.1) is 5.69 Å². The number of benzene rings is 2. The molecule has 1 amide bonds. The van der Waals surface area contributed by atoms with E-state index in [0.717, 1.165) is 33.2 Å². The van der Waals surface area contributed by atoms with E-state index in [2.05, 4.69) is 9.97 Å². The standard InChI is InChI=1S/C20H16N4O2S/c1-11-10-27-20(22-11)17-16(12-6-8-15(25)9-7-12)23-19(24-17)14-4-2-13(3-5-14)18(21)26/h2-10,25H,1H3,(H2,21,26)(H,23,24). The average Bonchev–Trinajstić information content (AvgIpc) is 3.29. The molecular formula is C20H16N4O2S. The monoisotopic (exact) mass is 376 g/mol. The second-order valence-electron chi connectivity index (χ2n) is 6.09. The molecule has 0 radical (unpaired) electrons. The summed E-state index contributed by atoms with van der Waals surface area (Å²) in [5.41, 5.74) is 9.97. The number of H-pyrrole nitrogens is 1. The van der Waals surface area contributed by atoms with Gasteiger partial charge in [-0.3, -0.25) is 4.79 Å². The summed E-state index contributed by atoms with van der Waals surface area (Å²) in [6.07, 6.45) is 0. The molecule has 0 fully saturated rings. The molecule has 0 saturated carbocycles. The third-order valence-electron chi connectivity index (χ3n) is 4.12. The van der Waals surface area contributed by atoms with E-state index in [1.54, 1.807) is 36.4 Å². The van der Waals surface area contributed by atoms with E-state index < -0.39 is 5.91 Å². The number of nitrogens with zero attached hydrogens (tertiary/aromatic N) is 2. The van der Waals surface area contributed by atoms with Crippen molar-refractivity contribution in [2.24, 2.45) is 5.73 Å². The van der Waals surface area contributed by atoms with Crippen molar-refractivity contribution in [1.29, 1.82) is 0 Å². The Balaban J connectivity index is 1.84. The molecule has 7 heteroatoms. The number of rotatable bonds is 4.